The lowest BCUT2D eigenvalue weighted by Gasteiger charge is -2.10. The van der Waals surface area contributed by atoms with Crippen molar-refractivity contribution in [3.05, 3.63) is 0 Å². The van der Waals surface area contributed by atoms with E-state index in [0.29, 0.717) is 6.04 Å². The normalized spacial score (nSPS) is 21.8. The van der Waals surface area contributed by atoms with Gasteiger partial charge in [-0.05, 0) is 32.7 Å². The molecule has 17 heavy (non-hydrogen) atoms. The number of nitrogens with one attached hydrogen (secondary N) is 2. The molecule has 0 heterocycles. The minimum Gasteiger partial charge on any atom is -0.356 e. The fourth-order valence-corrected chi connectivity index (χ4v) is 1.87. The number of carbonyl (C=O) groups is 1. The Bertz CT molecular complexity index is 172. The number of carbonyl (C=O) groups excluding carboxylic acids is 1. The summed E-state index contributed by atoms with van der Waals surface area (Å²) in [6.07, 6.45) is 4.21. The summed E-state index contributed by atoms with van der Waals surface area (Å²) in [7, 11) is 1.97. The highest BCUT2D eigenvalue weighted by atomic mass is 16.1. The fraction of sp³-hybridized carbons (Fsp3) is 0.929. The Labute approximate surface area is 108 Å². The Morgan fingerprint density at radius 1 is 1.18 bits per heavy atom. The third kappa shape index (κ3) is 8.19. The van der Waals surface area contributed by atoms with Gasteiger partial charge in [-0.25, -0.2) is 0 Å². The maximum Gasteiger partial charge on any atom is 0.223 e. The fourth-order valence-electron chi connectivity index (χ4n) is 1.87. The Kier molecular flexibility index (Phi) is 14.9. The average Bonchev–Trinajstić information content (AvgIpc) is 2.89. The van der Waals surface area contributed by atoms with E-state index in [0.717, 1.165) is 32.2 Å². The molecule has 3 heteroatoms. The van der Waals surface area contributed by atoms with Gasteiger partial charge in [-0.1, -0.05) is 34.6 Å². The molecule has 0 aliphatic heterocycles. The lowest BCUT2D eigenvalue weighted by molar-refractivity contribution is -0.124. The first-order valence-corrected chi connectivity index (χ1v) is 7.23. The first kappa shape index (κ1) is 18.8. The maximum absolute atomic E-state index is 11.5. The van der Waals surface area contributed by atoms with Crippen molar-refractivity contribution in [1.29, 1.82) is 0 Å². The zero-order valence-corrected chi connectivity index (χ0v) is 12.6. The minimum atomic E-state index is 0.250. The van der Waals surface area contributed by atoms with E-state index in [2.05, 4.69) is 17.6 Å². The minimum absolute atomic E-state index is 0.250. The molecular formula is C14H32N2O. The second-order valence-corrected chi connectivity index (χ2v) is 3.79. The highest BCUT2D eigenvalue weighted by Gasteiger charge is 2.28. The van der Waals surface area contributed by atoms with E-state index in [1.54, 1.807) is 0 Å². The van der Waals surface area contributed by atoms with Crippen LogP contribution in [0.5, 0.6) is 0 Å². The second-order valence-electron chi connectivity index (χ2n) is 3.79. The van der Waals surface area contributed by atoms with Gasteiger partial charge >= 0.3 is 0 Å². The van der Waals surface area contributed by atoms with Crippen LogP contribution in [-0.2, 0) is 4.79 Å². The van der Waals surface area contributed by atoms with Gasteiger partial charge in [-0.2, -0.15) is 0 Å². The molecule has 1 fully saturated rings. The summed E-state index contributed by atoms with van der Waals surface area (Å²) in [4.78, 5) is 11.5. The molecule has 0 radical (unpaired) electrons. The van der Waals surface area contributed by atoms with Crippen LogP contribution in [0, 0.1) is 5.92 Å². The van der Waals surface area contributed by atoms with Crippen molar-refractivity contribution in [2.75, 3.05) is 13.6 Å². The summed E-state index contributed by atoms with van der Waals surface area (Å²) in [5, 5.41) is 6.18. The van der Waals surface area contributed by atoms with E-state index >= 15 is 0 Å². The molecule has 0 unspecified atom stereocenters. The van der Waals surface area contributed by atoms with Crippen LogP contribution in [0.25, 0.3) is 0 Å². The predicted octanol–water partition coefficient (Wildman–Crippen LogP) is 2.95. The summed E-state index contributed by atoms with van der Waals surface area (Å²) in [5.74, 6) is 0.503. The largest absolute Gasteiger partial charge is 0.356 e. The molecule has 1 saturated carbocycles. The van der Waals surface area contributed by atoms with Gasteiger partial charge < -0.3 is 10.6 Å². The van der Waals surface area contributed by atoms with Crippen molar-refractivity contribution >= 4 is 5.91 Å². The molecule has 3 nitrogen and oxygen atoms in total. The quantitative estimate of drug-likeness (QED) is 0.798. The lowest BCUT2D eigenvalue weighted by atomic mass is 10.1. The summed E-state index contributed by atoms with van der Waals surface area (Å²) in [6.45, 7) is 10.9. The van der Waals surface area contributed by atoms with Gasteiger partial charge in [0.15, 0.2) is 0 Å². The van der Waals surface area contributed by atoms with Crippen LogP contribution in [-0.4, -0.2) is 25.5 Å². The molecule has 1 aliphatic carbocycles. The van der Waals surface area contributed by atoms with Gasteiger partial charge in [-0.15, -0.1) is 0 Å². The number of amides is 1. The van der Waals surface area contributed by atoms with E-state index in [1.807, 2.05) is 34.7 Å². The number of hydrogen-bond acceptors (Lipinski definition) is 2. The van der Waals surface area contributed by atoms with Crippen molar-refractivity contribution in [2.24, 2.45) is 5.92 Å². The predicted molar refractivity (Wildman–Crippen MR) is 76.2 cm³/mol. The lowest BCUT2D eigenvalue weighted by Crippen LogP contribution is -2.31. The first-order chi connectivity index (χ1) is 8.27. The molecule has 2 atom stereocenters. The van der Waals surface area contributed by atoms with Crippen LogP contribution >= 0.6 is 0 Å². The molecule has 0 aromatic rings. The highest BCUT2D eigenvalue weighted by Crippen LogP contribution is 2.25. The Morgan fingerprint density at radius 3 is 2.18 bits per heavy atom. The van der Waals surface area contributed by atoms with E-state index in [9.17, 15) is 4.79 Å². The molecule has 104 valence electrons. The zero-order chi connectivity index (χ0) is 13.7. The molecule has 1 aliphatic rings. The molecule has 0 bridgehead atoms. The van der Waals surface area contributed by atoms with Gasteiger partial charge in [0.05, 0.1) is 0 Å². The average molecular weight is 244 g/mol. The van der Waals surface area contributed by atoms with Crippen LogP contribution in [0.15, 0.2) is 0 Å². The van der Waals surface area contributed by atoms with Gasteiger partial charge in [-0.3, -0.25) is 4.79 Å². The smallest absolute Gasteiger partial charge is 0.223 e. The molecule has 0 saturated heterocycles. The van der Waals surface area contributed by atoms with Crippen molar-refractivity contribution in [2.45, 2.75) is 66.3 Å². The molecule has 0 aromatic carbocycles. The van der Waals surface area contributed by atoms with E-state index in [4.69, 9.17) is 0 Å². The first-order valence-electron chi connectivity index (χ1n) is 7.23. The van der Waals surface area contributed by atoms with Gasteiger partial charge in [0.2, 0.25) is 5.91 Å². The Balaban J connectivity index is 0. The van der Waals surface area contributed by atoms with Crippen LogP contribution < -0.4 is 10.6 Å². The topological polar surface area (TPSA) is 41.1 Å². The summed E-state index contributed by atoms with van der Waals surface area (Å²) < 4.78 is 0. The van der Waals surface area contributed by atoms with Crippen molar-refractivity contribution in [3.63, 3.8) is 0 Å². The molecule has 0 spiro atoms. The standard InChI is InChI=1S/C10H20N2O.2C2H6/c1-3-6-12-10(13)8-4-5-9(7-8)11-2;2*1-2/h8-9,11H,3-7H2,1-2H3,(H,12,13);2*1-2H3/t8-,9+;;/m0../s1. The van der Waals surface area contributed by atoms with Crippen molar-refractivity contribution < 1.29 is 4.79 Å². The summed E-state index contributed by atoms with van der Waals surface area (Å²) in [6, 6.07) is 0.553. The number of hydrogen-bond donors (Lipinski definition) is 2. The molecule has 1 amide bonds. The number of rotatable bonds is 4. The maximum atomic E-state index is 11.5. The van der Waals surface area contributed by atoms with E-state index in [-0.39, 0.29) is 11.8 Å². The van der Waals surface area contributed by atoms with Crippen molar-refractivity contribution in [1.82, 2.24) is 10.6 Å². The summed E-state index contributed by atoms with van der Waals surface area (Å²) >= 11 is 0. The molecular weight excluding hydrogens is 212 g/mol. The SMILES string of the molecule is CC.CC.CCCNC(=O)[C@H]1CC[C@@H](NC)C1. The third-order valence-corrected chi connectivity index (χ3v) is 2.76. The third-order valence-electron chi connectivity index (χ3n) is 2.76. The molecule has 0 aromatic heterocycles. The van der Waals surface area contributed by atoms with Crippen LogP contribution in [0.4, 0.5) is 0 Å². The van der Waals surface area contributed by atoms with Crippen molar-refractivity contribution in [3.8, 4) is 0 Å². The molecule has 1 rings (SSSR count). The van der Waals surface area contributed by atoms with Gasteiger partial charge in [0.25, 0.3) is 0 Å². The highest BCUT2D eigenvalue weighted by molar-refractivity contribution is 5.78. The van der Waals surface area contributed by atoms with Gasteiger partial charge in [0, 0.05) is 18.5 Å². The van der Waals surface area contributed by atoms with Gasteiger partial charge in [0.1, 0.15) is 0 Å². The zero-order valence-electron chi connectivity index (χ0n) is 12.6. The Hall–Kier alpha value is -0.570. The monoisotopic (exact) mass is 244 g/mol. The molecule has 2 N–H and O–H groups in total. The van der Waals surface area contributed by atoms with E-state index in [1.165, 1.54) is 0 Å². The second kappa shape index (κ2) is 13.5. The van der Waals surface area contributed by atoms with E-state index < -0.39 is 0 Å². The van der Waals surface area contributed by atoms with Crippen LogP contribution in [0.1, 0.15) is 60.3 Å². The Morgan fingerprint density at radius 2 is 1.76 bits per heavy atom. The van der Waals surface area contributed by atoms with Crippen LogP contribution in [0.2, 0.25) is 0 Å². The van der Waals surface area contributed by atoms with Crippen LogP contribution in [0.3, 0.4) is 0 Å². The summed E-state index contributed by atoms with van der Waals surface area (Å²) in [5.41, 5.74) is 0.